The molecule has 1 aromatic carbocycles. The Morgan fingerprint density at radius 2 is 1.94 bits per heavy atom. The van der Waals surface area contributed by atoms with Gasteiger partial charge in [0.2, 0.25) is 0 Å². The van der Waals surface area contributed by atoms with Gasteiger partial charge in [0.1, 0.15) is 0 Å². The number of rotatable bonds is 6. The summed E-state index contributed by atoms with van der Waals surface area (Å²) in [5.41, 5.74) is 1.30. The minimum absolute atomic E-state index is 0.580. The molecule has 0 aliphatic heterocycles. The molecule has 0 bridgehead atoms. The average molecular weight is 249 g/mol. The molecule has 2 rings (SSSR count). The molecule has 1 atom stereocenters. The van der Waals surface area contributed by atoms with Crippen LogP contribution in [-0.2, 0) is 6.42 Å². The largest absolute Gasteiger partial charge is 0.493 e. The van der Waals surface area contributed by atoms with E-state index >= 15 is 0 Å². The highest BCUT2D eigenvalue weighted by molar-refractivity contribution is 5.43. The van der Waals surface area contributed by atoms with Crippen molar-refractivity contribution >= 4 is 0 Å². The monoisotopic (exact) mass is 249 g/mol. The van der Waals surface area contributed by atoms with Crippen LogP contribution in [0, 0.1) is 5.92 Å². The third-order valence-corrected chi connectivity index (χ3v) is 3.99. The normalized spacial score (nSPS) is 17.1. The molecule has 1 N–H and O–H groups in total. The fourth-order valence-corrected chi connectivity index (χ4v) is 2.61. The molecule has 3 nitrogen and oxygen atoms in total. The van der Waals surface area contributed by atoms with Crippen molar-refractivity contribution in [3.05, 3.63) is 23.8 Å². The second-order valence-corrected chi connectivity index (χ2v) is 4.98. The lowest BCUT2D eigenvalue weighted by atomic mass is 9.77. The van der Waals surface area contributed by atoms with Gasteiger partial charge in [-0.1, -0.05) is 12.5 Å². The first-order valence-corrected chi connectivity index (χ1v) is 6.66. The molecule has 0 radical (unpaired) electrons. The maximum atomic E-state index is 5.35. The standard InChI is InChI=1S/C15H23NO2/c1-16-13(12-5-4-6-12)9-11-7-8-14(17-2)15(10-11)18-3/h7-8,10,12-13,16H,4-6,9H2,1-3H3/t13-/m0/s1. The maximum absolute atomic E-state index is 5.35. The Labute approximate surface area is 109 Å². The number of methoxy groups -OCH3 is 2. The fourth-order valence-electron chi connectivity index (χ4n) is 2.61. The first-order chi connectivity index (χ1) is 8.78. The average Bonchev–Trinajstić information content (AvgIpc) is 2.35. The van der Waals surface area contributed by atoms with Gasteiger partial charge in [0, 0.05) is 6.04 Å². The van der Waals surface area contributed by atoms with Crippen molar-refractivity contribution in [3.63, 3.8) is 0 Å². The molecule has 0 spiro atoms. The van der Waals surface area contributed by atoms with Crippen LogP contribution >= 0.6 is 0 Å². The molecule has 18 heavy (non-hydrogen) atoms. The van der Waals surface area contributed by atoms with E-state index in [-0.39, 0.29) is 0 Å². The summed E-state index contributed by atoms with van der Waals surface area (Å²) < 4.78 is 10.6. The lowest BCUT2D eigenvalue weighted by Gasteiger charge is -2.33. The quantitative estimate of drug-likeness (QED) is 0.840. The van der Waals surface area contributed by atoms with E-state index in [2.05, 4.69) is 24.5 Å². The van der Waals surface area contributed by atoms with Crippen LogP contribution in [0.15, 0.2) is 18.2 Å². The van der Waals surface area contributed by atoms with E-state index in [1.165, 1.54) is 24.8 Å². The van der Waals surface area contributed by atoms with E-state index in [4.69, 9.17) is 9.47 Å². The molecular formula is C15H23NO2. The lowest BCUT2D eigenvalue weighted by Crippen LogP contribution is -2.39. The van der Waals surface area contributed by atoms with E-state index in [1.54, 1.807) is 14.2 Å². The zero-order chi connectivity index (χ0) is 13.0. The lowest BCUT2D eigenvalue weighted by molar-refractivity contribution is 0.235. The summed E-state index contributed by atoms with van der Waals surface area (Å²) in [4.78, 5) is 0. The first kappa shape index (κ1) is 13.2. The Morgan fingerprint density at radius 3 is 2.44 bits per heavy atom. The highest BCUT2D eigenvalue weighted by Gasteiger charge is 2.26. The Kier molecular flexibility index (Phi) is 4.48. The van der Waals surface area contributed by atoms with Crippen LogP contribution in [0.4, 0.5) is 0 Å². The van der Waals surface area contributed by atoms with E-state index in [0.717, 1.165) is 23.8 Å². The Hall–Kier alpha value is -1.22. The Bertz CT molecular complexity index is 388. The Balaban J connectivity index is 2.07. The van der Waals surface area contributed by atoms with Crippen molar-refractivity contribution in [2.45, 2.75) is 31.7 Å². The maximum Gasteiger partial charge on any atom is 0.160 e. The highest BCUT2D eigenvalue weighted by Crippen LogP contribution is 2.33. The van der Waals surface area contributed by atoms with Gasteiger partial charge in [-0.2, -0.15) is 0 Å². The van der Waals surface area contributed by atoms with Gasteiger partial charge in [-0.05, 0) is 49.9 Å². The van der Waals surface area contributed by atoms with Gasteiger partial charge in [-0.3, -0.25) is 0 Å². The molecule has 0 saturated heterocycles. The van der Waals surface area contributed by atoms with Crippen LogP contribution in [0.3, 0.4) is 0 Å². The van der Waals surface area contributed by atoms with Crippen LogP contribution in [0.1, 0.15) is 24.8 Å². The van der Waals surface area contributed by atoms with E-state index in [9.17, 15) is 0 Å². The minimum Gasteiger partial charge on any atom is -0.493 e. The van der Waals surface area contributed by atoms with E-state index < -0.39 is 0 Å². The number of nitrogens with one attached hydrogen (secondary N) is 1. The summed E-state index contributed by atoms with van der Waals surface area (Å²) in [5, 5.41) is 3.45. The van der Waals surface area contributed by atoms with Crippen LogP contribution in [0.2, 0.25) is 0 Å². The van der Waals surface area contributed by atoms with Crippen molar-refractivity contribution in [2.75, 3.05) is 21.3 Å². The van der Waals surface area contributed by atoms with E-state index in [1.807, 2.05) is 6.07 Å². The molecule has 1 saturated carbocycles. The van der Waals surface area contributed by atoms with Crippen molar-refractivity contribution in [3.8, 4) is 11.5 Å². The van der Waals surface area contributed by atoms with Crippen molar-refractivity contribution in [2.24, 2.45) is 5.92 Å². The van der Waals surface area contributed by atoms with Crippen LogP contribution in [0.5, 0.6) is 11.5 Å². The van der Waals surface area contributed by atoms with Crippen LogP contribution in [-0.4, -0.2) is 27.3 Å². The molecule has 100 valence electrons. The molecule has 0 aromatic heterocycles. The number of benzene rings is 1. The highest BCUT2D eigenvalue weighted by atomic mass is 16.5. The summed E-state index contributed by atoms with van der Waals surface area (Å²) in [7, 11) is 5.41. The zero-order valence-electron chi connectivity index (χ0n) is 11.5. The molecule has 3 heteroatoms. The van der Waals surface area contributed by atoms with Gasteiger partial charge >= 0.3 is 0 Å². The summed E-state index contributed by atoms with van der Waals surface area (Å²) in [6.07, 6.45) is 5.16. The molecule has 1 aliphatic carbocycles. The first-order valence-electron chi connectivity index (χ1n) is 6.66. The van der Waals surface area contributed by atoms with Gasteiger partial charge in [0.25, 0.3) is 0 Å². The van der Waals surface area contributed by atoms with Crippen molar-refractivity contribution < 1.29 is 9.47 Å². The molecule has 1 aromatic rings. The molecule has 0 unspecified atom stereocenters. The molecule has 0 amide bonds. The number of likely N-dealkylation sites (N-methyl/N-ethyl adjacent to an activating group) is 1. The second kappa shape index (κ2) is 6.10. The van der Waals surface area contributed by atoms with Crippen LogP contribution in [0.25, 0.3) is 0 Å². The predicted octanol–water partition coefficient (Wildman–Crippen LogP) is 2.63. The van der Waals surface area contributed by atoms with E-state index in [0.29, 0.717) is 6.04 Å². The summed E-state index contributed by atoms with van der Waals surface area (Å²) in [5.74, 6) is 2.45. The fraction of sp³-hybridized carbons (Fsp3) is 0.600. The topological polar surface area (TPSA) is 30.5 Å². The summed E-state index contributed by atoms with van der Waals surface area (Å²) in [6.45, 7) is 0. The van der Waals surface area contributed by atoms with Gasteiger partial charge in [-0.25, -0.2) is 0 Å². The molecular weight excluding hydrogens is 226 g/mol. The second-order valence-electron chi connectivity index (χ2n) is 4.98. The SMILES string of the molecule is CN[C@@H](Cc1ccc(OC)c(OC)c1)C1CCC1. The minimum atomic E-state index is 0.580. The Morgan fingerprint density at radius 1 is 1.22 bits per heavy atom. The van der Waals surface area contributed by atoms with Gasteiger partial charge < -0.3 is 14.8 Å². The van der Waals surface area contributed by atoms with Gasteiger partial charge in [0.05, 0.1) is 14.2 Å². The third kappa shape index (κ3) is 2.78. The molecule has 0 heterocycles. The predicted molar refractivity (Wildman–Crippen MR) is 73.4 cm³/mol. The zero-order valence-corrected chi connectivity index (χ0v) is 11.5. The summed E-state index contributed by atoms with van der Waals surface area (Å²) in [6, 6.07) is 6.78. The number of hydrogen-bond donors (Lipinski definition) is 1. The number of ether oxygens (including phenoxy) is 2. The smallest absolute Gasteiger partial charge is 0.160 e. The van der Waals surface area contributed by atoms with Gasteiger partial charge in [-0.15, -0.1) is 0 Å². The van der Waals surface area contributed by atoms with Gasteiger partial charge in [0.15, 0.2) is 11.5 Å². The molecule has 1 aliphatic rings. The third-order valence-electron chi connectivity index (χ3n) is 3.99. The molecule has 1 fully saturated rings. The van der Waals surface area contributed by atoms with Crippen molar-refractivity contribution in [1.29, 1.82) is 0 Å². The number of hydrogen-bond acceptors (Lipinski definition) is 3. The van der Waals surface area contributed by atoms with Crippen LogP contribution < -0.4 is 14.8 Å². The summed E-state index contributed by atoms with van der Waals surface area (Å²) >= 11 is 0. The van der Waals surface area contributed by atoms with Crippen molar-refractivity contribution in [1.82, 2.24) is 5.32 Å².